The molecule has 0 saturated carbocycles. The highest BCUT2D eigenvalue weighted by molar-refractivity contribution is 7.98. The number of hydrogen-bond donors (Lipinski definition) is 2. The maximum absolute atomic E-state index is 12.0. The van der Waals surface area contributed by atoms with Gasteiger partial charge < -0.3 is 15.2 Å². The third kappa shape index (κ3) is 4.39. The summed E-state index contributed by atoms with van der Waals surface area (Å²) in [4.78, 5) is 23.1. The Morgan fingerprint density at radius 2 is 2.29 bits per heavy atom. The maximum atomic E-state index is 12.0. The van der Waals surface area contributed by atoms with Crippen LogP contribution in [0.4, 0.5) is 0 Å². The first-order chi connectivity index (χ1) is 10.1. The van der Waals surface area contributed by atoms with Gasteiger partial charge in [0.1, 0.15) is 11.8 Å². The average Bonchev–Trinajstić information content (AvgIpc) is 2.90. The molecular formula is C15H19NO4S. The summed E-state index contributed by atoms with van der Waals surface area (Å²) < 4.78 is 5.42. The fourth-order valence-corrected chi connectivity index (χ4v) is 2.75. The molecule has 1 heterocycles. The van der Waals surface area contributed by atoms with Gasteiger partial charge >= 0.3 is 5.97 Å². The Morgan fingerprint density at radius 1 is 1.48 bits per heavy atom. The third-order valence-electron chi connectivity index (χ3n) is 3.36. The number of carboxylic acid groups (broad SMARTS) is 1. The van der Waals surface area contributed by atoms with Crippen molar-refractivity contribution in [2.75, 3.05) is 18.6 Å². The number of nitrogens with one attached hydrogen (secondary N) is 1. The largest absolute Gasteiger partial charge is 0.493 e. The van der Waals surface area contributed by atoms with Crippen LogP contribution in [0.3, 0.4) is 0 Å². The normalized spacial score (nSPS) is 14.1. The number of hydrogen-bond acceptors (Lipinski definition) is 4. The predicted octanol–water partition coefficient (Wildman–Crippen LogP) is 1.49. The van der Waals surface area contributed by atoms with Crippen LogP contribution in [-0.2, 0) is 22.4 Å². The smallest absolute Gasteiger partial charge is 0.326 e. The first-order valence-electron chi connectivity index (χ1n) is 6.86. The molecule has 1 aliphatic heterocycles. The lowest BCUT2D eigenvalue weighted by molar-refractivity contribution is -0.141. The van der Waals surface area contributed by atoms with Crippen molar-refractivity contribution >= 4 is 23.6 Å². The fraction of sp³-hybridized carbons (Fsp3) is 0.467. The van der Waals surface area contributed by atoms with Gasteiger partial charge in [-0.1, -0.05) is 12.1 Å². The lowest BCUT2D eigenvalue weighted by atomic mass is 10.1. The molecule has 0 unspecified atom stereocenters. The van der Waals surface area contributed by atoms with Crippen molar-refractivity contribution < 1.29 is 19.4 Å². The van der Waals surface area contributed by atoms with Gasteiger partial charge in [0, 0.05) is 6.42 Å². The van der Waals surface area contributed by atoms with E-state index in [-0.39, 0.29) is 12.3 Å². The first-order valence-corrected chi connectivity index (χ1v) is 8.25. The zero-order valence-electron chi connectivity index (χ0n) is 11.9. The van der Waals surface area contributed by atoms with Crippen LogP contribution >= 0.6 is 11.8 Å². The number of carbonyl (C=O) groups is 2. The Bertz CT molecular complexity index is 532. The van der Waals surface area contributed by atoms with Gasteiger partial charge in [0.2, 0.25) is 5.91 Å². The molecule has 1 amide bonds. The number of amides is 1. The van der Waals surface area contributed by atoms with Crippen LogP contribution in [0.2, 0.25) is 0 Å². The van der Waals surface area contributed by atoms with Crippen molar-refractivity contribution in [3.05, 3.63) is 29.3 Å². The molecular weight excluding hydrogens is 290 g/mol. The standard InChI is InChI=1S/C15H19NO4S/c1-21-7-5-12(15(18)19)16-14(17)9-10-2-3-13-11(8-10)4-6-20-13/h2-3,8,12H,4-7,9H2,1H3,(H,16,17)(H,18,19)/t12-/m0/s1. The molecule has 1 aliphatic rings. The average molecular weight is 309 g/mol. The molecule has 2 rings (SSSR count). The van der Waals surface area contributed by atoms with Gasteiger partial charge in [-0.3, -0.25) is 4.79 Å². The highest BCUT2D eigenvalue weighted by atomic mass is 32.2. The number of rotatable bonds is 7. The molecule has 1 atom stereocenters. The highest BCUT2D eigenvalue weighted by Gasteiger charge is 2.20. The molecule has 0 saturated heterocycles. The number of benzene rings is 1. The minimum Gasteiger partial charge on any atom is -0.493 e. The maximum Gasteiger partial charge on any atom is 0.326 e. The molecule has 21 heavy (non-hydrogen) atoms. The SMILES string of the molecule is CSCC[C@H](NC(=O)Cc1ccc2c(c1)CCO2)C(=O)O. The van der Waals surface area contributed by atoms with E-state index in [4.69, 9.17) is 9.84 Å². The number of carbonyl (C=O) groups excluding carboxylic acids is 1. The van der Waals surface area contributed by atoms with Gasteiger partial charge in [-0.2, -0.15) is 11.8 Å². The number of fused-ring (bicyclic) bond motifs is 1. The van der Waals surface area contributed by atoms with Gasteiger partial charge in [-0.05, 0) is 35.6 Å². The van der Waals surface area contributed by atoms with Crippen molar-refractivity contribution in [1.29, 1.82) is 0 Å². The zero-order chi connectivity index (χ0) is 15.2. The third-order valence-corrected chi connectivity index (χ3v) is 4.01. The van der Waals surface area contributed by atoms with Gasteiger partial charge in [-0.15, -0.1) is 0 Å². The quantitative estimate of drug-likeness (QED) is 0.798. The summed E-state index contributed by atoms with van der Waals surface area (Å²) in [5.74, 6) is 0.331. The van der Waals surface area contributed by atoms with Crippen LogP contribution in [0, 0.1) is 0 Å². The van der Waals surface area contributed by atoms with Gasteiger partial charge in [0.05, 0.1) is 13.0 Å². The van der Waals surface area contributed by atoms with Gasteiger partial charge in [-0.25, -0.2) is 4.79 Å². The summed E-state index contributed by atoms with van der Waals surface area (Å²) in [6, 6.07) is 4.86. The highest BCUT2D eigenvalue weighted by Crippen LogP contribution is 2.25. The fourth-order valence-electron chi connectivity index (χ4n) is 2.27. The second-order valence-corrected chi connectivity index (χ2v) is 5.94. The van der Waals surface area contributed by atoms with Crippen LogP contribution in [0.1, 0.15) is 17.5 Å². The topological polar surface area (TPSA) is 75.6 Å². The number of carboxylic acids is 1. The molecule has 6 heteroatoms. The van der Waals surface area contributed by atoms with Crippen molar-refractivity contribution in [3.63, 3.8) is 0 Å². The van der Waals surface area contributed by atoms with Crippen LogP contribution in [0.15, 0.2) is 18.2 Å². The van der Waals surface area contributed by atoms with Gasteiger partial charge in [0.15, 0.2) is 0 Å². The first kappa shape index (κ1) is 15.7. The van der Waals surface area contributed by atoms with Crippen molar-refractivity contribution in [1.82, 2.24) is 5.32 Å². The van der Waals surface area contributed by atoms with Crippen molar-refractivity contribution in [2.45, 2.75) is 25.3 Å². The second kappa shape index (κ2) is 7.36. The molecule has 5 nitrogen and oxygen atoms in total. The molecule has 0 fully saturated rings. The summed E-state index contributed by atoms with van der Waals surface area (Å²) >= 11 is 1.56. The monoisotopic (exact) mass is 309 g/mol. The minimum atomic E-state index is -0.986. The summed E-state index contributed by atoms with van der Waals surface area (Å²) in [6.45, 7) is 0.681. The van der Waals surface area contributed by atoms with E-state index in [0.29, 0.717) is 18.8 Å². The van der Waals surface area contributed by atoms with Crippen LogP contribution < -0.4 is 10.1 Å². The second-order valence-electron chi connectivity index (χ2n) is 4.96. The van der Waals surface area contributed by atoms with E-state index in [9.17, 15) is 9.59 Å². The molecule has 0 aromatic heterocycles. The Kier molecular flexibility index (Phi) is 5.50. The Balaban J connectivity index is 1.92. The Morgan fingerprint density at radius 3 is 3.00 bits per heavy atom. The zero-order valence-corrected chi connectivity index (χ0v) is 12.7. The summed E-state index contributed by atoms with van der Waals surface area (Å²) in [5.41, 5.74) is 1.99. The van der Waals surface area contributed by atoms with E-state index in [1.807, 2.05) is 24.5 Å². The van der Waals surface area contributed by atoms with E-state index >= 15 is 0 Å². The lowest BCUT2D eigenvalue weighted by Gasteiger charge is -2.14. The number of aliphatic carboxylic acids is 1. The lowest BCUT2D eigenvalue weighted by Crippen LogP contribution is -2.41. The minimum absolute atomic E-state index is 0.191. The van der Waals surface area contributed by atoms with E-state index in [2.05, 4.69) is 5.32 Å². The van der Waals surface area contributed by atoms with Crippen LogP contribution in [-0.4, -0.2) is 41.6 Å². The van der Waals surface area contributed by atoms with E-state index in [0.717, 1.165) is 23.3 Å². The molecule has 0 bridgehead atoms. The van der Waals surface area contributed by atoms with Crippen LogP contribution in [0.5, 0.6) is 5.75 Å². The summed E-state index contributed by atoms with van der Waals surface area (Å²) in [5, 5.41) is 11.7. The van der Waals surface area contributed by atoms with E-state index in [1.165, 1.54) is 0 Å². The number of thioether (sulfide) groups is 1. The molecule has 0 radical (unpaired) electrons. The molecule has 0 aliphatic carbocycles. The Hall–Kier alpha value is -1.69. The number of ether oxygens (including phenoxy) is 1. The van der Waals surface area contributed by atoms with Gasteiger partial charge in [0.25, 0.3) is 0 Å². The summed E-state index contributed by atoms with van der Waals surface area (Å²) in [7, 11) is 0. The molecule has 1 aromatic carbocycles. The Labute approximate surface area is 128 Å². The molecule has 2 N–H and O–H groups in total. The summed E-state index contributed by atoms with van der Waals surface area (Å²) in [6.07, 6.45) is 3.39. The van der Waals surface area contributed by atoms with Crippen molar-refractivity contribution in [3.8, 4) is 5.75 Å². The van der Waals surface area contributed by atoms with E-state index in [1.54, 1.807) is 11.8 Å². The molecule has 0 spiro atoms. The molecule has 114 valence electrons. The molecule has 1 aromatic rings. The van der Waals surface area contributed by atoms with Crippen molar-refractivity contribution in [2.24, 2.45) is 0 Å². The van der Waals surface area contributed by atoms with E-state index < -0.39 is 12.0 Å². The predicted molar refractivity (Wildman–Crippen MR) is 81.9 cm³/mol. The van der Waals surface area contributed by atoms with Crippen LogP contribution in [0.25, 0.3) is 0 Å².